The summed E-state index contributed by atoms with van der Waals surface area (Å²) >= 11 is 2.02. The lowest BCUT2D eigenvalue weighted by atomic mass is 9.98. The molecule has 1 aliphatic rings. The molecule has 0 saturated heterocycles. The molecule has 1 aliphatic heterocycles. The lowest BCUT2D eigenvalue weighted by molar-refractivity contribution is 0.282. The van der Waals surface area contributed by atoms with Crippen LogP contribution in [0.15, 0.2) is 18.2 Å². The first-order chi connectivity index (χ1) is 10.0. The largest absolute Gasteiger partial charge is 0.493 e. The summed E-state index contributed by atoms with van der Waals surface area (Å²) in [6.45, 7) is 11.0. The van der Waals surface area contributed by atoms with E-state index in [0.29, 0.717) is 10.8 Å². The molecule has 3 heteroatoms. The minimum Gasteiger partial charge on any atom is -0.493 e. The summed E-state index contributed by atoms with van der Waals surface area (Å²) in [6.07, 6.45) is 3.45. The highest BCUT2D eigenvalue weighted by molar-refractivity contribution is 8.00. The van der Waals surface area contributed by atoms with Crippen LogP contribution in [-0.2, 0) is 6.42 Å². The third kappa shape index (κ3) is 4.93. The van der Waals surface area contributed by atoms with Crippen LogP contribution >= 0.6 is 11.8 Å². The molecule has 0 amide bonds. The summed E-state index contributed by atoms with van der Waals surface area (Å²) in [5.74, 6) is 2.23. The van der Waals surface area contributed by atoms with E-state index in [1.807, 2.05) is 11.8 Å². The third-order valence-corrected chi connectivity index (χ3v) is 5.03. The van der Waals surface area contributed by atoms with E-state index in [9.17, 15) is 0 Å². The highest BCUT2D eigenvalue weighted by Crippen LogP contribution is 2.36. The average molecular weight is 308 g/mol. The molecule has 1 N–H and O–H groups in total. The van der Waals surface area contributed by atoms with E-state index in [2.05, 4.69) is 51.2 Å². The molecule has 1 aromatic rings. The smallest absolute Gasteiger partial charge is 0.127 e. The zero-order chi connectivity index (χ0) is 15.3. The van der Waals surface area contributed by atoms with Gasteiger partial charge in [0.1, 0.15) is 5.75 Å². The summed E-state index contributed by atoms with van der Waals surface area (Å²) in [5.41, 5.74) is 2.72. The van der Waals surface area contributed by atoms with Crippen LogP contribution in [-0.4, -0.2) is 23.7 Å². The number of benzene rings is 1. The normalized spacial score (nSPS) is 16.2. The zero-order valence-electron chi connectivity index (χ0n) is 13.9. The molecule has 0 aliphatic carbocycles. The van der Waals surface area contributed by atoms with Gasteiger partial charge in [-0.1, -0.05) is 45.9 Å². The second-order valence-corrected chi connectivity index (χ2v) is 8.56. The summed E-state index contributed by atoms with van der Waals surface area (Å²) in [6, 6.07) is 7.01. The first kappa shape index (κ1) is 16.7. The fraction of sp³-hybridized carbons (Fsp3) is 0.667. The summed E-state index contributed by atoms with van der Waals surface area (Å²) in [4.78, 5) is 0. The predicted molar refractivity (Wildman–Crippen MR) is 93.5 cm³/mol. The van der Waals surface area contributed by atoms with Gasteiger partial charge < -0.3 is 10.1 Å². The Balaban J connectivity index is 2.19. The second kappa shape index (κ2) is 7.55. The molecule has 21 heavy (non-hydrogen) atoms. The van der Waals surface area contributed by atoms with Crippen LogP contribution in [0.5, 0.6) is 5.75 Å². The Labute approximate surface area is 134 Å². The topological polar surface area (TPSA) is 21.3 Å². The van der Waals surface area contributed by atoms with Crippen LogP contribution in [0.4, 0.5) is 0 Å². The Bertz CT molecular complexity index is 453. The van der Waals surface area contributed by atoms with Crippen LogP contribution in [0, 0.1) is 0 Å². The minimum atomic E-state index is 0.293. The maximum Gasteiger partial charge on any atom is 0.127 e. The van der Waals surface area contributed by atoms with E-state index in [1.54, 1.807) is 0 Å². The number of para-hydroxylation sites is 1. The van der Waals surface area contributed by atoms with Gasteiger partial charge in [-0.25, -0.2) is 0 Å². The average Bonchev–Trinajstić information content (AvgIpc) is 2.46. The van der Waals surface area contributed by atoms with Crippen molar-refractivity contribution in [2.45, 2.75) is 57.7 Å². The summed E-state index contributed by atoms with van der Waals surface area (Å²) in [7, 11) is 0. The molecule has 0 radical (unpaired) electrons. The van der Waals surface area contributed by atoms with Crippen LogP contribution in [0.3, 0.4) is 0 Å². The molecule has 1 atom stereocenters. The highest BCUT2D eigenvalue weighted by atomic mass is 32.2. The molecule has 1 unspecified atom stereocenters. The van der Waals surface area contributed by atoms with Gasteiger partial charge >= 0.3 is 0 Å². The number of aryl methyl sites for hydroxylation is 1. The third-order valence-electron chi connectivity index (χ3n) is 3.66. The molecule has 0 fully saturated rings. The van der Waals surface area contributed by atoms with Crippen LogP contribution < -0.4 is 10.1 Å². The number of ether oxygens (including phenoxy) is 1. The predicted octanol–water partition coefficient (Wildman–Crippen LogP) is 4.58. The minimum absolute atomic E-state index is 0.293. The van der Waals surface area contributed by atoms with Crippen molar-refractivity contribution in [3.8, 4) is 5.75 Å². The van der Waals surface area contributed by atoms with Crippen molar-refractivity contribution in [1.29, 1.82) is 0 Å². The molecule has 0 saturated carbocycles. The lowest BCUT2D eigenvalue weighted by Crippen LogP contribution is -2.27. The van der Waals surface area contributed by atoms with Gasteiger partial charge in [0.2, 0.25) is 0 Å². The van der Waals surface area contributed by atoms with Crippen LogP contribution in [0.1, 0.15) is 57.7 Å². The van der Waals surface area contributed by atoms with E-state index in [1.165, 1.54) is 11.1 Å². The monoisotopic (exact) mass is 307 g/mol. The van der Waals surface area contributed by atoms with Gasteiger partial charge in [-0.2, -0.15) is 11.8 Å². The van der Waals surface area contributed by atoms with Crippen LogP contribution in [0.2, 0.25) is 0 Å². The fourth-order valence-electron chi connectivity index (χ4n) is 2.60. The molecule has 1 heterocycles. The highest BCUT2D eigenvalue weighted by Gasteiger charge is 2.22. The standard InChI is InChI=1S/C18H29NOS/c1-5-11-19-16(13-21-18(2,3)4)15-10-6-8-14-9-7-12-20-17(14)15/h6,8,10,16,19H,5,7,9,11-13H2,1-4H3. The van der Waals surface area contributed by atoms with Crippen molar-refractivity contribution in [3.63, 3.8) is 0 Å². The quantitative estimate of drug-likeness (QED) is 0.831. The molecule has 0 spiro atoms. The maximum atomic E-state index is 6.00. The molecule has 2 rings (SSSR count). The molecular formula is C18H29NOS. The first-order valence-corrected chi connectivity index (χ1v) is 9.12. The van der Waals surface area contributed by atoms with Gasteiger partial charge in [0.05, 0.1) is 6.61 Å². The molecular weight excluding hydrogens is 278 g/mol. The Kier molecular flexibility index (Phi) is 6.00. The van der Waals surface area contributed by atoms with Crippen molar-refractivity contribution in [2.24, 2.45) is 0 Å². The van der Waals surface area contributed by atoms with E-state index in [-0.39, 0.29) is 0 Å². The van der Waals surface area contributed by atoms with E-state index < -0.39 is 0 Å². The van der Waals surface area contributed by atoms with E-state index in [0.717, 1.165) is 43.9 Å². The molecule has 1 aromatic carbocycles. The number of rotatable bonds is 6. The van der Waals surface area contributed by atoms with Crippen molar-refractivity contribution in [1.82, 2.24) is 5.32 Å². The van der Waals surface area contributed by atoms with Crippen molar-refractivity contribution in [3.05, 3.63) is 29.3 Å². The first-order valence-electron chi connectivity index (χ1n) is 8.13. The van der Waals surface area contributed by atoms with Crippen molar-refractivity contribution in [2.75, 3.05) is 18.9 Å². The van der Waals surface area contributed by atoms with Crippen molar-refractivity contribution < 1.29 is 4.74 Å². The van der Waals surface area contributed by atoms with Gasteiger partial charge in [-0.05, 0) is 31.4 Å². The number of fused-ring (bicyclic) bond motifs is 1. The SMILES string of the molecule is CCCNC(CSC(C)(C)C)c1cccc2c1OCCC2. The van der Waals surface area contributed by atoms with E-state index >= 15 is 0 Å². The van der Waals surface area contributed by atoms with E-state index in [4.69, 9.17) is 4.74 Å². The van der Waals surface area contributed by atoms with Gasteiger partial charge in [-0.15, -0.1) is 0 Å². The molecule has 2 nitrogen and oxygen atoms in total. The Morgan fingerprint density at radius 3 is 2.86 bits per heavy atom. The summed E-state index contributed by atoms with van der Waals surface area (Å²) < 4.78 is 6.29. The Morgan fingerprint density at radius 2 is 2.14 bits per heavy atom. The van der Waals surface area contributed by atoms with Gasteiger partial charge in [0.25, 0.3) is 0 Å². The number of hydrogen-bond donors (Lipinski definition) is 1. The number of hydrogen-bond acceptors (Lipinski definition) is 3. The second-order valence-electron chi connectivity index (χ2n) is 6.72. The van der Waals surface area contributed by atoms with Gasteiger partial charge in [0.15, 0.2) is 0 Å². The molecule has 0 aromatic heterocycles. The number of thioether (sulfide) groups is 1. The number of nitrogens with one attached hydrogen (secondary N) is 1. The Hall–Kier alpha value is -0.670. The molecule has 0 bridgehead atoms. The van der Waals surface area contributed by atoms with Gasteiger partial charge in [0, 0.05) is 22.1 Å². The zero-order valence-corrected chi connectivity index (χ0v) is 14.7. The Morgan fingerprint density at radius 1 is 1.33 bits per heavy atom. The summed E-state index contributed by atoms with van der Waals surface area (Å²) in [5, 5.41) is 3.71. The van der Waals surface area contributed by atoms with Crippen molar-refractivity contribution >= 4 is 11.8 Å². The van der Waals surface area contributed by atoms with Gasteiger partial charge in [-0.3, -0.25) is 0 Å². The maximum absolute atomic E-state index is 6.00. The fourth-order valence-corrected chi connectivity index (χ4v) is 3.56. The molecule has 118 valence electrons. The van der Waals surface area contributed by atoms with Crippen LogP contribution in [0.25, 0.3) is 0 Å². The lowest BCUT2D eigenvalue weighted by Gasteiger charge is -2.28.